The van der Waals surface area contributed by atoms with E-state index in [2.05, 4.69) is 5.10 Å². The molecular weight excluding hydrogens is 324 g/mol. The molecule has 0 bridgehead atoms. The lowest BCUT2D eigenvalue weighted by molar-refractivity contribution is -0.130. The lowest BCUT2D eigenvalue weighted by atomic mass is 9.97. The van der Waals surface area contributed by atoms with Crippen molar-refractivity contribution in [3.8, 4) is 5.75 Å². The van der Waals surface area contributed by atoms with Gasteiger partial charge in [0.05, 0.1) is 18.9 Å². The largest absolute Gasteiger partial charge is 0.497 e. The Morgan fingerprint density at radius 3 is 2.46 bits per heavy atom. The van der Waals surface area contributed by atoms with Crippen molar-refractivity contribution in [3.63, 3.8) is 0 Å². The van der Waals surface area contributed by atoms with Crippen molar-refractivity contribution in [2.75, 3.05) is 13.0 Å². The van der Waals surface area contributed by atoms with Crippen molar-refractivity contribution in [2.24, 2.45) is 5.10 Å². The molecule has 0 saturated carbocycles. The van der Waals surface area contributed by atoms with Gasteiger partial charge in [0, 0.05) is 6.42 Å². The van der Waals surface area contributed by atoms with Crippen LogP contribution in [0.2, 0.25) is 0 Å². The summed E-state index contributed by atoms with van der Waals surface area (Å²) >= 11 is 5.77. The number of halogens is 1. The Morgan fingerprint density at radius 2 is 1.88 bits per heavy atom. The van der Waals surface area contributed by atoms with Gasteiger partial charge in [-0.25, -0.2) is 5.01 Å². The number of hydrazone groups is 1. The standard InChI is InChI=1S/C19H19ClN2O2/c1-13-3-5-15(6-4-13)18-11-17(21-22(18)19(23)12-20)14-7-9-16(24-2)10-8-14/h3-10,18H,11-12H2,1-2H3. The molecule has 5 heteroatoms. The monoisotopic (exact) mass is 342 g/mol. The van der Waals surface area contributed by atoms with Crippen LogP contribution in [0.15, 0.2) is 53.6 Å². The highest BCUT2D eigenvalue weighted by atomic mass is 35.5. The fourth-order valence-corrected chi connectivity index (χ4v) is 2.93. The summed E-state index contributed by atoms with van der Waals surface area (Å²) in [6.45, 7) is 2.04. The molecule has 3 rings (SSSR count). The number of ether oxygens (including phenoxy) is 1. The predicted molar refractivity (Wildman–Crippen MR) is 95.6 cm³/mol. The van der Waals surface area contributed by atoms with Gasteiger partial charge in [0.15, 0.2) is 0 Å². The molecule has 124 valence electrons. The van der Waals surface area contributed by atoms with Crippen LogP contribution in [0.4, 0.5) is 0 Å². The second-order valence-electron chi connectivity index (χ2n) is 5.78. The van der Waals surface area contributed by atoms with Gasteiger partial charge in [-0.05, 0) is 42.3 Å². The summed E-state index contributed by atoms with van der Waals surface area (Å²) in [5.74, 6) is 0.522. The topological polar surface area (TPSA) is 41.9 Å². The van der Waals surface area contributed by atoms with E-state index in [1.54, 1.807) is 7.11 Å². The number of alkyl halides is 1. The molecule has 1 aliphatic heterocycles. The van der Waals surface area contributed by atoms with Crippen molar-refractivity contribution in [3.05, 3.63) is 65.2 Å². The third-order valence-electron chi connectivity index (χ3n) is 4.17. The van der Waals surface area contributed by atoms with Gasteiger partial charge < -0.3 is 4.74 Å². The van der Waals surface area contributed by atoms with E-state index in [1.165, 1.54) is 10.6 Å². The number of benzene rings is 2. The summed E-state index contributed by atoms with van der Waals surface area (Å²) in [4.78, 5) is 12.2. The lowest BCUT2D eigenvalue weighted by Gasteiger charge is -2.21. The van der Waals surface area contributed by atoms with Gasteiger partial charge in [0.25, 0.3) is 5.91 Å². The summed E-state index contributed by atoms with van der Waals surface area (Å²) in [6, 6.07) is 15.8. The Morgan fingerprint density at radius 1 is 1.21 bits per heavy atom. The molecule has 0 aromatic heterocycles. The van der Waals surface area contributed by atoms with Crippen LogP contribution in [0.5, 0.6) is 5.75 Å². The van der Waals surface area contributed by atoms with E-state index in [0.717, 1.165) is 22.6 Å². The van der Waals surface area contributed by atoms with E-state index in [0.29, 0.717) is 6.42 Å². The van der Waals surface area contributed by atoms with E-state index in [4.69, 9.17) is 16.3 Å². The first-order valence-corrected chi connectivity index (χ1v) is 8.32. The highest BCUT2D eigenvalue weighted by Crippen LogP contribution is 2.33. The third kappa shape index (κ3) is 3.29. The van der Waals surface area contributed by atoms with Gasteiger partial charge in [-0.15, -0.1) is 11.6 Å². The van der Waals surface area contributed by atoms with E-state index in [1.807, 2.05) is 55.5 Å². The SMILES string of the molecule is COc1ccc(C2=NN(C(=O)CCl)C(c3ccc(C)cc3)C2)cc1. The van der Waals surface area contributed by atoms with Crippen molar-refractivity contribution >= 4 is 23.2 Å². The number of carbonyl (C=O) groups is 1. The van der Waals surface area contributed by atoms with E-state index in [9.17, 15) is 4.79 Å². The van der Waals surface area contributed by atoms with Gasteiger partial charge in [-0.3, -0.25) is 4.79 Å². The molecule has 1 heterocycles. The lowest BCUT2D eigenvalue weighted by Crippen LogP contribution is -2.27. The van der Waals surface area contributed by atoms with Gasteiger partial charge in [-0.2, -0.15) is 5.10 Å². The number of rotatable bonds is 4. The average molecular weight is 343 g/mol. The molecule has 0 N–H and O–H groups in total. The fraction of sp³-hybridized carbons (Fsp3) is 0.263. The number of hydrogen-bond donors (Lipinski definition) is 0. The zero-order chi connectivity index (χ0) is 17.1. The second-order valence-corrected chi connectivity index (χ2v) is 6.05. The Hall–Kier alpha value is -2.33. The van der Waals surface area contributed by atoms with Crippen LogP contribution in [0, 0.1) is 6.92 Å². The molecule has 0 fully saturated rings. The summed E-state index contributed by atoms with van der Waals surface area (Å²) in [6.07, 6.45) is 0.665. The number of carbonyl (C=O) groups excluding carboxylic acids is 1. The highest BCUT2D eigenvalue weighted by molar-refractivity contribution is 6.27. The average Bonchev–Trinajstić information content (AvgIpc) is 3.07. The molecular formula is C19H19ClN2O2. The van der Waals surface area contributed by atoms with Crippen LogP contribution in [-0.4, -0.2) is 29.6 Å². The van der Waals surface area contributed by atoms with Crippen molar-refractivity contribution in [1.82, 2.24) is 5.01 Å². The van der Waals surface area contributed by atoms with E-state index >= 15 is 0 Å². The number of nitrogens with zero attached hydrogens (tertiary/aromatic N) is 2. The third-order valence-corrected chi connectivity index (χ3v) is 4.39. The molecule has 2 aromatic carbocycles. The Kier molecular flexibility index (Phi) is 4.86. The molecule has 2 aromatic rings. The first kappa shape index (κ1) is 16.5. The number of amides is 1. The summed E-state index contributed by atoms with van der Waals surface area (Å²) < 4.78 is 5.19. The molecule has 0 spiro atoms. The maximum absolute atomic E-state index is 12.2. The smallest absolute Gasteiger partial charge is 0.258 e. The summed E-state index contributed by atoms with van der Waals surface area (Å²) in [7, 11) is 1.64. The Labute approximate surface area is 146 Å². The molecule has 1 amide bonds. The van der Waals surface area contributed by atoms with Crippen LogP contribution in [0.1, 0.15) is 29.2 Å². The highest BCUT2D eigenvalue weighted by Gasteiger charge is 2.32. The molecule has 0 aliphatic carbocycles. The Balaban J connectivity index is 1.91. The minimum atomic E-state index is -0.189. The molecule has 24 heavy (non-hydrogen) atoms. The van der Waals surface area contributed by atoms with Gasteiger partial charge in [0.1, 0.15) is 11.6 Å². The van der Waals surface area contributed by atoms with Crippen molar-refractivity contribution < 1.29 is 9.53 Å². The minimum absolute atomic E-state index is 0.0816. The van der Waals surface area contributed by atoms with E-state index < -0.39 is 0 Å². The zero-order valence-corrected chi connectivity index (χ0v) is 14.5. The molecule has 0 radical (unpaired) electrons. The van der Waals surface area contributed by atoms with Crippen LogP contribution in [-0.2, 0) is 4.79 Å². The van der Waals surface area contributed by atoms with Crippen LogP contribution in [0.3, 0.4) is 0 Å². The molecule has 1 aliphatic rings. The first-order chi connectivity index (χ1) is 11.6. The number of methoxy groups -OCH3 is 1. The molecule has 0 saturated heterocycles. The summed E-state index contributed by atoms with van der Waals surface area (Å²) in [5.41, 5.74) is 4.11. The number of hydrogen-bond acceptors (Lipinski definition) is 3. The first-order valence-electron chi connectivity index (χ1n) is 7.79. The van der Waals surface area contributed by atoms with Gasteiger partial charge in [-0.1, -0.05) is 29.8 Å². The van der Waals surface area contributed by atoms with E-state index in [-0.39, 0.29) is 17.8 Å². The van der Waals surface area contributed by atoms with Gasteiger partial charge in [0.2, 0.25) is 0 Å². The van der Waals surface area contributed by atoms with Crippen LogP contribution < -0.4 is 4.74 Å². The normalized spacial score (nSPS) is 16.9. The van der Waals surface area contributed by atoms with Crippen LogP contribution in [0.25, 0.3) is 0 Å². The molecule has 4 nitrogen and oxygen atoms in total. The summed E-state index contributed by atoms with van der Waals surface area (Å²) in [5, 5.41) is 6.05. The van der Waals surface area contributed by atoms with Gasteiger partial charge >= 0.3 is 0 Å². The maximum Gasteiger partial charge on any atom is 0.258 e. The quantitative estimate of drug-likeness (QED) is 0.790. The fourth-order valence-electron chi connectivity index (χ4n) is 2.81. The second kappa shape index (κ2) is 7.05. The molecule has 1 atom stereocenters. The van der Waals surface area contributed by atoms with Crippen LogP contribution >= 0.6 is 11.6 Å². The number of aryl methyl sites for hydroxylation is 1. The van der Waals surface area contributed by atoms with Crippen molar-refractivity contribution in [2.45, 2.75) is 19.4 Å². The maximum atomic E-state index is 12.2. The predicted octanol–water partition coefficient (Wildman–Crippen LogP) is 3.92. The Bertz CT molecular complexity index is 754. The zero-order valence-electron chi connectivity index (χ0n) is 13.7. The molecule has 1 unspecified atom stereocenters. The van der Waals surface area contributed by atoms with Crippen molar-refractivity contribution in [1.29, 1.82) is 0 Å². The minimum Gasteiger partial charge on any atom is -0.497 e.